The summed E-state index contributed by atoms with van der Waals surface area (Å²) in [5.41, 5.74) is 4.12. The Labute approximate surface area is 230 Å². The van der Waals surface area contributed by atoms with Crippen molar-refractivity contribution in [3.63, 3.8) is 0 Å². The molecule has 5 rings (SSSR count). The second-order valence-electron chi connectivity index (χ2n) is 8.48. The van der Waals surface area contributed by atoms with E-state index in [9.17, 15) is 9.59 Å². The number of amides is 2. The van der Waals surface area contributed by atoms with Crippen molar-refractivity contribution < 1.29 is 9.59 Å². The molecule has 4 aromatic carbocycles. The van der Waals surface area contributed by atoms with Gasteiger partial charge >= 0.3 is 0 Å². The van der Waals surface area contributed by atoms with E-state index in [0.29, 0.717) is 22.7 Å². The number of pyridine rings is 1. The van der Waals surface area contributed by atoms with Gasteiger partial charge in [0.1, 0.15) is 11.4 Å². The van der Waals surface area contributed by atoms with Gasteiger partial charge in [-0.2, -0.15) is 20.5 Å². The van der Waals surface area contributed by atoms with Gasteiger partial charge in [-0.15, -0.1) is 0 Å². The van der Waals surface area contributed by atoms with E-state index in [4.69, 9.17) is 0 Å². The molecule has 2 amide bonds. The highest BCUT2D eigenvalue weighted by Crippen LogP contribution is 2.22. The molecule has 194 valence electrons. The predicted octanol–water partition coefficient (Wildman–Crippen LogP) is 8.42. The summed E-state index contributed by atoms with van der Waals surface area (Å²) >= 11 is 0. The van der Waals surface area contributed by atoms with E-state index < -0.39 is 11.8 Å². The van der Waals surface area contributed by atoms with Crippen molar-refractivity contribution in [1.29, 1.82) is 0 Å². The fourth-order valence-corrected chi connectivity index (χ4v) is 3.52. The summed E-state index contributed by atoms with van der Waals surface area (Å²) in [6.07, 6.45) is 0. The Morgan fingerprint density at radius 1 is 0.425 bits per heavy atom. The lowest BCUT2D eigenvalue weighted by Gasteiger charge is -2.08. The normalized spacial score (nSPS) is 11.0. The van der Waals surface area contributed by atoms with Crippen molar-refractivity contribution in [3.05, 3.63) is 139 Å². The maximum absolute atomic E-state index is 12.8. The van der Waals surface area contributed by atoms with Crippen molar-refractivity contribution in [3.8, 4) is 0 Å². The van der Waals surface area contributed by atoms with E-state index in [1.54, 1.807) is 66.7 Å². The molecule has 9 heteroatoms. The van der Waals surface area contributed by atoms with Gasteiger partial charge in [-0.3, -0.25) is 9.59 Å². The zero-order valence-corrected chi connectivity index (χ0v) is 21.2. The molecule has 0 aliphatic carbocycles. The van der Waals surface area contributed by atoms with Crippen LogP contribution in [0.4, 0.5) is 34.1 Å². The maximum atomic E-state index is 12.8. The van der Waals surface area contributed by atoms with Crippen LogP contribution in [-0.2, 0) is 0 Å². The molecule has 0 radical (unpaired) electrons. The van der Waals surface area contributed by atoms with Crippen LogP contribution in [0.25, 0.3) is 0 Å². The number of rotatable bonds is 8. The number of carbonyl (C=O) groups excluding carboxylic acids is 2. The summed E-state index contributed by atoms with van der Waals surface area (Å²) in [7, 11) is 0. The molecule has 9 nitrogen and oxygen atoms in total. The quantitative estimate of drug-likeness (QED) is 0.198. The lowest BCUT2D eigenvalue weighted by atomic mass is 10.2. The first-order valence-electron chi connectivity index (χ1n) is 12.4. The van der Waals surface area contributed by atoms with Gasteiger partial charge in [0.15, 0.2) is 0 Å². The topological polar surface area (TPSA) is 121 Å². The molecule has 1 heterocycles. The third-order valence-electron chi connectivity index (χ3n) is 5.54. The molecule has 0 unspecified atom stereocenters. The molecule has 5 aromatic rings. The number of anilines is 2. The van der Waals surface area contributed by atoms with Crippen molar-refractivity contribution in [1.82, 2.24) is 4.98 Å². The monoisotopic (exact) mass is 525 g/mol. The van der Waals surface area contributed by atoms with Crippen LogP contribution in [0, 0.1) is 0 Å². The number of aromatic nitrogens is 1. The van der Waals surface area contributed by atoms with Crippen LogP contribution >= 0.6 is 0 Å². The lowest BCUT2D eigenvalue weighted by Crippen LogP contribution is -2.18. The molecule has 0 bridgehead atoms. The highest BCUT2D eigenvalue weighted by Gasteiger charge is 2.13. The molecule has 40 heavy (non-hydrogen) atoms. The molecule has 0 saturated carbocycles. The second kappa shape index (κ2) is 12.6. The molecule has 0 saturated heterocycles. The first-order valence-corrected chi connectivity index (χ1v) is 12.4. The van der Waals surface area contributed by atoms with Gasteiger partial charge < -0.3 is 10.6 Å². The van der Waals surface area contributed by atoms with E-state index >= 15 is 0 Å². The fourth-order valence-electron chi connectivity index (χ4n) is 3.52. The number of carbonyl (C=O) groups is 2. The van der Waals surface area contributed by atoms with E-state index in [1.807, 2.05) is 60.7 Å². The first kappa shape index (κ1) is 25.8. The number of hydrogen-bond acceptors (Lipinski definition) is 7. The zero-order chi connectivity index (χ0) is 27.6. The summed E-state index contributed by atoms with van der Waals surface area (Å²) < 4.78 is 0. The first-order chi connectivity index (χ1) is 19.6. The number of hydrogen-bond donors (Lipinski definition) is 2. The maximum Gasteiger partial charge on any atom is 0.274 e. The SMILES string of the molecule is O=C(Nc1ccc(N=Nc2ccccc2)cc1)c1cccc(C(=O)Nc2ccc(N=Nc3ccccc3)cc2)n1. The largest absolute Gasteiger partial charge is 0.321 e. The van der Waals surface area contributed by atoms with Crippen molar-refractivity contribution in [2.75, 3.05) is 10.6 Å². The Bertz CT molecular complexity index is 1530. The molecule has 1 aromatic heterocycles. The molecule has 0 aliphatic rings. The predicted molar refractivity (Wildman–Crippen MR) is 154 cm³/mol. The summed E-state index contributed by atoms with van der Waals surface area (Å²) in [6.45, 7) is 0. The Hall–Kier alpha value is -5.83. The van der Waals surface area contributed by atoms with Crippen molar-refractivity contribution >= 4 is 45.9 Å². The molecule has 0 spiro atoms. The minimum absolute atomic E-state index is 0.108. The van der Waals surface area contributed by atoms with Crippen molar-refractivity contribution in [2.45, 2.75) is 0 Å². The van der Waals surface area contributed by atoms with Crippen LogP contribution < -0.4 is 10.6 Å². The van der Waals surface area contributed by atoms with Gasteiger partial charge in [-0.05, 0) is 84.9 Å². The summed E-state index contributed by atoms with van der Waals surface area (Å²) in [4.78, 5) is 29.8. The smallest absolute Gasteiger partial charge is 0.274 e. The molecule has 0 fully saturated rings. The Kier molecular flexibility index (Phi) is 8.14. The van der Waals surface area contributed by atoms with Crippen LogP contribution in [0.2, 0.25) is 0 Å². The Morgan fingerprint density at radius 2 is 0.775 bits per heavy atom. The highest BCUT2D eigenvalue weighted by molar-refractivity contribution is 6.06. The van der Waals surface area contributed by atoms with E-state index in [2.05, 4.69) is 36.1 Å². The number of nitrogens with one attached hydrogen (secondary N) is 2. The highest BCUT2D eigenvalue weighted by atomic mass is 16.2. The van der Waals surface area contributed by atoms with Crippen LogP contribution in [0.3, 0.4) is 0 Å². The average molecular weight is 526 g/mol. The van der Waals surface area contributed by atoms with Crippen LogP contribution in [0.15, 0.2) is 148 Å². The summed E-state index contributed by atoms with van der Waals surface area (Å²) in [5, 5.41) is 22.3. The lowest BCUT2D eigenvalue weighted by molar-refractivity contribution is 0.101. The van der Waals surface area contributed by atoms with Crippen LogP contribution in [0.1, 0.15) is 21.0 Å². The minimum atomic E-state index is -0.443. The third-order valence-corrected chi connectivity index (χ3v) is 5.54. The number of benzene rings is 4. The zero-order valence-electron chi connectivity index (χ0n) is 21.2. The molecule has 0 aliphatic heterocycles. The third kappa shape index (κ3) is 7.14. The number of nitrogens with zero attached hydrogens (tertiary/aromatic N) is 5. The van der Waals surface area contributed by atoms with Gasteiger partial charge in [-0.25, -0.2) is 4.98 Å². The van der Waals surface area contributed by atoms with E-state index in [0.717, 1.165) is 11.4 Å². The van der Waals surface area contributed by atoms with Gasteiger partial charge in [0.2, 0.25) is 0 Å². The molecule has 0 atom stereocenters. The van der Waals surface area contributed by atoms with E-state index in [1.165, 1.54) is 0 Å². The summed E-state index contributed by atoms with van der Waals surface area (Å²) in [6, 6.07) is 37.3. The van der Waals surface area contributed by atoms with Crippen molar-refractivity contribution in [2.24, 2.45) is 20.5 Å². The van der Waals surface area contributed by atoms with Gasteiger partial charge in [0.05, 0.1) is 22.7 Å². The van der Waals surface area contributed by atoms with Crippen LogP contribution in [-0.4, -0.2) is 16.8 Å². The molecular weight excluding hydrogens is 502 g/mol. The Balaban J connectivity index is 1.18. The van der Waals surface area contributed by atoms with Gasteiger partial charge in [0, 0.05) is 11.4 Å². The van der Waals surface area contributed by atoms with Crippen LogP contribution in [0.5, 0.6) is 0 Å². The summed E-state index contributed by atoms with van der Waals surface area (Å²) in [5.74, 6) is -0.886. The van der Waals surface area contributed by atoms with Gasteiger partial charge in [-0.1, -0.05) is 42.5 Å². The second-order valence-corrected chi connectivity index (χ2v) is 8.48. The average Bonchev–Trinajstić information content (AvgIpc) is 3.01. The molecular formula is C31H23N7O2. The number of azo groups is 2. The fraction of sp³-hybridized carbons (Fsp3) is 0. The minimum Gasteiger partial charge on any atom is -0.321 e. The standard InChI is InChI=1S/C31H23N7O2/c39-30(32-22-14-18-26(19-15-22)37-35-24-8-3-1-4-9-24)28-12-7-13-29(34-28)31(40)33-23-16-20-27(21-17-23)38-36-25-10-5-2-6-11-25/h1-21H,(H,32,39)(H,33,40). The van der Waals surface area contributed by atoms with Gasteiger partial charge in [0.25, 0.3) is 11.8 Å². The van der Waals surface area contributed by atoms with E-state index in [-0.39, 0.29) is 11.4 Å². The molecule has 2 N–H and O–H groups in total. The Morgan fingerprint density at radius 3 is 1.15 bits per heavy atom.